The molecule has 2 aromatic rings. The Bertz CT molecular complexity index is 759. The van der Waals surface area contributed by atoms with Gasteiger partial charge in [-0.1, -0.05) is 35.5 Å². The van der Waals surface area contributed by atoms with Crippen LogP contribution in [-0.4, -0.2) is 28.3 Å². The van der Waals surface area contributed by atoms with Crippen molar-refractivity contribution >= 4 is 23.0 Å². The van der Waals surface area contributed by atoms with Crippen LogP contribution in [0.5, 0.6) is 0 Å². The molecule has 0 unspecified atom stereocenters. The molecule has 0 spiro atoms. The summed E-state index contributed by atoms with van der Waals surface area (Å²) in [6.45, 7) is -0.243. The van der Waals surface area contributed by atoms with Crippen LogP contribution in [0, 0.1) is 10.1 Å². The van der Waals surface area contributed by atoms with Crippen LogP contribution in [0.15, 0.2) is 53.7 Å². The summed E-state index contributed by atoms with van der Waals surface area (Å²) in [6.07, 6.45) is 0. The van der Waals surface area contributed by atoms with Crippen molar-refractivity contribution in [3.05, 3.63) is 69.8 Å². The number of nitrogens with zero attached hydrogens (tertiary/aromatic N) is 2. The second-order valence-corrected chi connectivity index (χ2v) is 4.55. The summed E-state index contributed by atoms with van der Waals surface area (Å²) in [4.78, 5) is 21.9. The predicted octanol–water partition coefficient (Wildman–Crippen LogP) is 1.72. The van der Waals surface area contributed by atoms with E-state index in [-0.39, 0.29) is 29.2 Å². The molecule has 0 aliphatic carbocycles. The van der Waals surface area contributed by atoms with Gasteiger partial charge in [-0.25, -0.2) is 0 Å². The first-order chi connectivity index (χ1) is 11.1. The highest BCUT2D eigenvalue weighted by atomic mass is 16.6. The molecule has 8 heteroatoms. The van der Waals surface area contributed by atoms with Crippen molar-refractivity contribution in [2.24, 2.45) is 10.9 Å². The minimum absolute atomic E-state index is 0.0987. The first-order valence-electron chi connectivity index (χ1n) is 6.63. The molecule has 2 rings (SSSR count). The molecular formula is C15H14N4O4. The topological polar surface area (TPSA) is 131 Å². The lowest BCUT2D eigenvalue weighted by Crippen LogP contribution is -2.23. The van der Waals surface area contributed by atoms with Gasteiger partial charge in [0.05, 0.1) is 17.2 Å². The van der Waals surface area contributed by atoms with Crippen LogP contribution >= 0.6 is 0 Å². The fraction of sp³-hybridized carbons (Fsp3) is 0.0667. The number of oxime groups is 1. The number of nitrogens with two attached hydrogens (primary N) is 1. The SMILES string of the molecule is NCC(=O)Nc1ccc([N+](=O)[O-])cc1C(=NO)c1ccccc1. The predicted molar refractivity (Wildman–Crippen MR) is 84.6 cm³/mol. The number of non-ortho nitro benzene ring substituents is 1. The molecule has 0 aliphatic heterocycles. The van der Waals surface area contributed by atoms with Gasteiger partial charge in [-0.05, 0) is 6.07 Å². The second kappa shape index (κ2) is 7.14. The van der Waals surface area contributed by atoms with Crippen LogP contribution in [0.3, 0.4) is 0 Å². The Morgan fingerprint density at radius 1 is 1.26 bits per heavy atom. The Hall–Kier alpha value is -3.26. The van der Waals surface area contributed by atoms with Crippen molar-refractivity contribution in [3.63, 3.8) is 0 Å². The summed E-state index contributed by atoms with van der Waals surface area (Å²) in [6, 6.07) is 12.5. The fourth-order valence-corrected chi connectivity index (χ4v) is 2.02. The number of carbonyl (C=O) groups excluding carboxylic acids is 1. The third kappa shape index (κ3) is 3.69. The maximum atomic E-state index is 11.5. The number of anilines is 1. The molecule has 0 saturated carbocycles. The number of hydrogen-bond donors (Lipinski definition) is 3. The Morgan fingerprint density at radius 2 is 1.96 bits per heavy atom. The molecule has 0 aliphatic rings. The molecule has 4 N–H and O–H groups in total. The van der Waals surface area contributed by atoms with Gasteiger partial charge in [0.25, 0.3) is 5.69 Å². The second-order valence-electron chi connectivity index (χ2n) is 4.55. The van der Waals surface area contributed by atoms with Gasteiger partial charge in [0.2, 0.25) is 5.91 Å². The average molecular weight is 314 g/mol. The van der Waals surface area contributed by atoms with Gasteiger partial charge in [-0.2, -0.15) is 0 Å². The summed E-state index contributed by atoms with van der Waals surface area (Å²) in [5.74, 6) is -0.467. The van der Waals surface area contributed by atoms with Crippen LogP contribution in [0.25, 0.3) is 0 Å². The maximum absolute atomic E-state index is 11.5. The third-order valence-corrected chi connectivity index (χ3v) is 3.08. The quantitative estimate of drug-likeness (QED) is 0.335. The number of benzene rings is 2. The molecule has 0 heterocycles. The normalized spacial score (nSPS) is 11.1. The number of nitrogens with one attached hydrogen (secondary N) is 1. The van der Waals surface area contributed by atoms with Crippen LogP contribution in [0.2, 0.25) is 0 Å². The molecule has 0 aromatic heterocycles. The van der Waals surface area contributed by atoms with Gasteiger partial charge >= 0.3 is 0 Å². The van der Waals surface area contributed by atoms with E-state index >= 15 is 0 Å². The third-order valence-electron chi connectivity index (χ3n) is 3.08. The van der Waals surface area contributed by atoms with Gasteiger partial charge in [0, 0.05) is 23.3 Å². The van der Waals surface area contributed by atoms with Crippen molar-refractivity contribution in [1.29, 1.82) is 0 Å². The van der Waals surface area contributed by atoms with Crippen molar-refractivity contribution in [1.82, 2.24) is 0 Å². The zero-order valence-electron chi connectivity index (χ0n) is 12.0. The Balaban J connectivity index is 2.58. The zero-order chi connectivity index (χ0) is 16.8. The summed E-state index contributed by atoms with van der Waals surface area (Å²) in [7, 11) is 0. The molecule has 118 valence electrons. The maximum Gasteiger partial charge on any atom is 0.270 e. The molecule has 0 fully saturated rings. The smallest absolute Gasteiger partial charge is 0.270 e. The van der Waals surface area contributed by atoms with Gasteiger partial charge in [0.15, 0.2) is 0 Å². The summed E-state index contributed by atoms with van der Waals surface area (Å²) in [5.41, 5.74) is 6.20. The molecule has 0 atom stereocenters. The molecule has 0 radical (unpaired) electrons. The molecule has 0 bridgehead atoms. The summed E-state index contributed by atoms with van der Waals surface area (Å²) >= 11 is 0. The van der Waals surface area contributed by atoms with E-state index in [0.717, 1.165) is 0 Å². The van der Waals surface area contributed by atoms with Gasteiger partial charge in [-0.3, -0.25) is 14.9 Å². The van der Waals surface area contributed by atoms with Gasteiger partial charge in [-0.15, -0.1) is 0 Å². The molecule has 23 heavy (non-hydrogen) atoms. The minimum atomic E-state index is -0.571. The van der Waals surface area contributed by atoms with Crippen LogP contribution < -0.4 is 11.1 Å². The largest absolute Gasteiger partial charge is 0.410 e. The van der Waals surface area contributed by atoms with E-state index < -0.39 is 10.8 Å². The van der Waals surface area contributed by atoms with Gasteiger partial charge < -0.3 is 16.3 Å². The Morgan fingerprint density at radius 3 is 2.52 bits per heavy atom. The van der Waals surface area contributed by atoms with E-state index in [2.05, 4.69) is 10.5 Å². The molecule has 0 saturated heterocycles. The highest BCUT2D eigenvalue weighted by Gasteiger charge is 2.18. The van der Waals surface area contributed by atoms with Crippen molar-refractivity contribution in [2.75, 3.05) is 11.9 Å². The minimum Gasteiger partial charge on any atom is -0.410 e. The molecular weight excluding hydrogens is 300 g/mol. The summed E-state index contributed by atoms with van der Waals surface area (Å²) in [5, 5.41) is 26.1. The molecule has 2 aromatic carbocycles. The number of amides is 1. The highest BCUT2D eigenvalue weighted by Crippen LogP contribution is 2.25. The monoisotopic (exact) mass is 314 g/mol. The van der Waals surface area contributed by atoms with Crippen molar-refractivity contribution in [3.8, 4) is 0 Å². The van der Waals surface area contributed by atoms with E-state index in [1.165, 1.54) is 18.2 Å². The zero-order valence-corrected chi connectivity index (χ0v) is 12.0. The number of nitro benzene ring substituents is 1. The highest BCUT2D eigenvalue weighted by molar-refractivity contribution is 6.17. The van der Waals surface area contributed by atoms with E-state index in [0.29, 0.717) is 5.56 Å². The van der Waals surface area contributed by atoms with Crippen molar-refractivity contribution < 1.29 is 14.9 Å². The lowest BCUT2D eigenvalue weighted by atomic mass is 10.00. The molecule has 8 nitrogen and oxygen atoms in total. The Kier molecular flexibility index (Phi) is 5.00. The first kappa shape index (κ1) is 16.1. The number of hydrogen-bond acceptors (Lipinski definition) is 6. The van der Waals surface area contributed by atoms with Crippen molar-refractivity contribution in [2.45, 2.75) is 0 Å². The van der Waals surface area contributed by atoms with E-state index in [4.69, 9.17) is 5.73 Å². The fourth-order valence-electron chi connectivity index (χ4n) is 2.02. The first-order valence-corrected chi connectivity index (χ1v) is 6.63. The van der Waals surface area contributed by atoms with Gasteiger partial charge in [0.1, 0.15) is 5.71 Å². The van der Waals surface area contributed by atoms with Crippen LogP contribution in [0.1, 0.15) is 11.1 Å². The Labute approximate surface area is 131 Å². The van der Waals surface area contributed by atoms with E-state index in [1.807, 2.05) is 0 Å². The average Bonchev–Trinajstić information content (AvgIpc) is 2.57. The summed E-state index contributed by atoms with van der Waals surface area (Å²) < 4.78 is 0. The number of nitro groups is 1. The standard InChI is InChI=1S/C15H14N4O4/c16-9-14(20)17-13-7-6-11(19(22)23)8-12(13)15(18-21)10-4-2-1-3-5-10/h1-8,21H,9,16H2,(H,17,20). The van der Waals surface area contributed by atoms with E-state index in [9.17, 15) is 20.1 Å². The van der Waals surface area contributed by atoms with E-state index in [1.54, 1.807) is 30.3 Å². The number of rotatable bonds is 5. The molecule has 1 amide bonds. The van der Waals surface area contributed by atoms with Crippen LogP contribution in [-0.2, 0) is 4.79 Å². The lowest BCUT2D eigenvalue weighted by molar-refractivity contribution is -0.384. The number of carbonyl (C=O) groups is 1. The lowest BCUT2D eigenvalue weighted by Gasteiger charge is -2.12. The van der Waals surface area contributed by atoms with Crippen LogP contribution in [0.4, 0.5) is 11.4 Å².